The smallest absolute Gasteiger partial charge is 0.331 e. The summed E-state index contributed by atoms with van der Waals surface area (Å²) in [4.78, 5) is 17.5. The summed E-state index contributed by atoms with van der Waals surface area (Å²) >= 11 is 0. The summed E-state index contributed by atoms with van der Waals surface area (Å²) in [6, 6.07) is 9.49. The van der Waals surface area contributed by atoms with Crippen LogP contribution in [0.2, 0.25) is 0 Å². The van der Waals surface area contributed by atoms with Gasteiger partial charge in [0.05, 0.1) is 16.7 Å². The van der Waals surface area contributed by atoms with E-state index in [1.54, 1.807) is 17.0 Å². The Balaban J connectivity index is 2.44. The average molecular weight is 199 g/mol. The van der Waals surface area contributed by atoms with Gasteiger partial charge in [-0.25, -0.2) is 4.79 Å². The van der Waals surface area contributed by atoms with Gasteiger partial charge >= 0.3 is 5.69 Å². The summed E-state index contributed by atoms with van der Waals surface area (Å²) < 4.78 is 1.64. The molecule has 0 aliphatic heterocycles. The van der Waals surface area contributed by atoms with Crippen LogP contribution in [0.3, 0.4) is 0 Å². The van der Waals surface area contributed by atoms with Crippen LogP contribution in [-0.2, 0) is 0 Å². The topological polar surface area (TPSA) is 53.6 Å². The predicted molar refractivity (Wildman–Crippen MR) is 58.2 cm³/mol. The van der Waals surface area contributed by atoms with Gasteiger partial charge in [0.2, 0.25) is 0 Å². The molecule has 3 rings (SSSR count). The van der Waals surface area contributed by atoms with Gasteiger partial charge in [0.15, 0.2) is 0 Å². The summed E-state index contributed by atoms with van der Waals surface area (Å²) in [5, 5.41) is 0. The summed E-state index contributed by atoms with van der Waals surface area (Å²) in [5.41, 5.74) is 2.47. The van der Waals surface area contributed by atoms with E-state index in [2.05, 4.69) is 9.97 Å². The number of aromatic amines is 2. The third-order valence-corrected chi connectivity index (χ3v) is 2.43. The summed E-state index contributed by atoms with van der Waals surface area (Å²) in [6.07, 6.45) is 3.59. The van der Waals surface area contributed by atoms with Crippen LogP contribution >= 0.6 is 0 Å². The Morgan fingerprint density at radius 3 is 2.80 bits per heavy atom. The van der Waals surface area contributed by atoms with Gasteiger partial charge in [0, 0.05) is 12.4 Å². The van der Waals surface area contributed by atoms with Gasteiger partial charge in [0.1, 0.15) is 0 Å². The predicted octanol–water partition coefficient (Wildman–Crippen LogP) is 1.65. The van der Waals surface area contributed by atoms with Crippen molar-refractivity contribution in [3.05, 3.63) is 53.2 Å². The maximum atomic E-state index is 11.7. The van der Waals surface area contributed by atoms with E-state index >= 15 is 0 Å². The van der Waals surface area contributed by atoms with Crippen molar-refractivity contribution in [3.63, 3.8) is 0 Å². The van der Waals surface area contributed by atoms with Crippen molar-refractivity contribution in [1.29, 1.82) is 0 Å². The molecule has 0 amide bonds. The molecule has 0 unspecified atom stereocenters. The number of H-pyrrole nitrogens is 2. The molecule has 2 heterocycles. The van der Waals surface area contributed by atoms with Crippen molar-refractivity contribution < 1.29 is 0 Å². The highest BCUT2D eigenvalue weighted by atomic mass is 16.1. The Hall–Kier alpha value is -2.23. The van der Waals surface area contributed by atoms with Gasteiger partial charge in [0.25, 0.3) is 0 Å². The normalized spacial score (nSPS) is 10.9. The molecule has 0 fully saturated rings. The Kier molecular flexibility index (Phi) is 1.56. The third-order valence-electron chi connectivity index (χ3n) is 2.43. The van der Waals surface area contributed by atoms with E-state index in [1.165, 1.54) is 0 Å². The first-order valence-electron chi connectivity index (χ1n) is 4.69. The van der Waals surface area contributed by atoms with Gasteiger partial charge in [-0.3, -0.25) is 4.57 Å². The van der Waals surface area contributed by atoms with Crippen LogP contribution in [0.5, 0.6) is 0 Å². The Morgan fingerprint density at radius 2 is 2.00 bits per heavy atom. The molecule has 4 nitrogen and oxygen atoms in total. The number of hydrogen-bond donors (Lipinski definition) is 2. The molecule has 15 heavy (non-hydrogen) atoms. The molecule has 0 saturated heterocycles. The largest absolute Gasteiger partial charge is 0.366 e. The van der Waals surface area contributed by atoms with Crippen molar-refractivity contribution in [2.75, 3.05) is 0 Å². The second-order valence-corrected chi connectivity index (χ2v) is 3.35. The maximum Gasteiger partial charge on any atom is 0.331 e. The second-order valence-electron chi connectivity index (χ2n) is 3.35. The Morgan fingerprint density at radius 1 is 1.13 bits per heavy atom. The van der Waals surface area contributed by atoms with Crippen LogP contribution in [0, 0.1) is 0 Å². The molecule has 2 aromatic heterocycles. The quantitative estimate of drug-likeness (QED) is 0.615. The lowest BCUT2D eigenvalue weighted by atomic mass is 10.3. The third kappa shape index (κ3) is 1.11. The molecule has 0 atom stereocenters. The van der Waals surface area contributed by atoms with Crippen LogP contribution in [0.15, 0.2) is 47.5 Å². The lowest BCUT2D eigenvalue weighted by Gasteiger charge is -1.97. The first-order chi connectivity index (χ1) is 7.36. The molecule has 0 aliphatic carbocycles. The van der Waals surface area contributed by atoms with Gasteiger partial charge < -0.3 is 9.97 Å². The molecule has 74 valence electrons. The van der Waals surface area contributed by atoms with Crippen LogP contribution < -0.4 is 5.69 Å². The number of benzene rings is 1. The van der Waals surface area contributed by atoms with Crippen LogP contribution in [0.1, 0.15) is 0 Å². The van der Waals surface area contributed by atoms with Gasteiger partial charge in [-0.05, 0) is 18.2 Å². The minimum absolute atomic E-state index is 0.115. The average Bonchev–Trinajstić information content (AvgIpc) is 2.82. The number of hydrogen-bond acceptors (Lipinski definition) is 1. The van der Waals surface area contributed by atoms with Gasteiger partial charge in [-0.15, -0.1) is 0 Å². The van der Waals surface area contributed by atoms with E-state index in [0.717, 1.165) is 16.7 Å². The van der Waals surface area contributed by atoms with E-state index in [0.29, 0.717) is 0 Å². The fourth-order valence-corrected chi connectivity index (χ4v) is 1.77. The lowest BCUT2D eigenvalue weighted by Crippen LogP contribution is -2.13. The van der Waals surface area contributed by atoms with Crippen molar-refractivity contribution in [1.82, 2.24) is 14.5 Å². The molecule has 0 radical (unpaired) electrons. The van der Waals surface area contributed by atoms with Crippen molar-refractivity contribution >= 4 is 11.0 Å². The second kappa shape index (κ2) is 2.88. The minimum atomic E-state index is -0.115. The summed E-state index contributed by atoms with van der Waals surface area (Å²) in [6.45, 7) is 0. The number of nitrogens with one attached hydrogen (secondary N) is 2. The molecule has 4 heteroatoms. The lowest BCUT2D eigenvalue weighted by molar-refractivity contribution is 1.02. The van der Waals surface area contributed by atoms with Crippen LogP contribution in [-0.4, -0.2) is 14.5 Å². The van der Waals surface area contributed by atoms with Crippen LogP contribution in [0.4, 0.5) is 0 Å². The molecule has 1 aromatic carbocycles. The SMILES string of the molecule is O=c1[nH]c2ccccc2n1-c1cc[nH]c1. The van der Waals surface area contributed by atoms with Crippen molar-refractivity contribution in [2.24, 2.45) is 0 Å². The number of rotatable bonds is 1. The Bertz CT molecular complexity index is 646. The fraction of sp³-hybridized carbons (Fsp3) is 0. The maximum absolute atomic E-state index is 11.7. The summed E-state index contributed by atoms with van der Waals surface area (Å²) in [5.74, 6) is 0. The minimum Gasteiger partial charge on any atom is -0.366 e. The first-order valence-corrected chi connectivity index (χ1v) is 4.69. The monoisotopic (exact) mass is 199 g/mol. The molecule has 0 spiro atoms. The molecule has 0 saturated carbocycles. The van der Waals surface area contributed by atoms with Crippen molar-refractivity contribution in [2.45, 2.75) is 0 Å². The number of imidazole rings is 1. The number of fused-ring (bicyclic) bond motifs is 1. The van der Waals surface area contributed by atoms with Crippen molar-refractivity contribution in [3.8, 4) is 5.69 Å². The molecule has 3 aromatic rings. The highest BCUT2D eigenvalue weighted by molar-refractivity contribution is 5.76. The zero-order valence-electron chi connectivity index (χ0n) is 7.90. The highest BCUT2D eigenvalue weighted by Crippen LogP contribution is 2.13. The molecule has 0 aliphatic rings. The fourth-order valence-electron chi connectivity index (χ4n) is 1.77. The highest BCUT2D eigenvalue weighted by Gasteiger charge is 2.07. The van der Waals surface area contributed by atoms with E-state index in [9.17, 15) is 4.79 Å². The number of para-hydroxylation sites is 2. The summed E-state index contributed by atoms with van der Waals surface area (Å²) in [7, 11) is 0. The van der Waals surface area contributed by atoms with E-state index < -0.39 is 0 Å². The van der Waals surface area contributed by atoms with E-state index in [1.807, 2.05) is 30.3 Å². The standard InChI is InChI=1S/C11H9N3O/c15-11-13-9-3-1-2-4-10(9)14(11)8-5-6-12-7-8/h1-7,12H,(H,13,15). The van der Waals surface area contributed by atoms with Crippen LogP contribution in [0.25, 0.3) is 16.7 Å². The molecular weight excluding hydrogens is 190 g/mol. The van der Waals surface area contributed by atoms with Gasteiger partial charge in [-0.2, -0.15) is 0 Å². The number of aromatic nitrogens is 3. The first kappa shape index (κ1) is 8.11. The van der Waals surface area contributed by atoms with E-state index in [4.69, 9.17) is 0 Å². The van der Waals surface area contributed by atoms with Gasteiger partial charge in [-0.1, -0.05) is 12.1 Å². The zero-order chi connectivity index (χ0) is 10.3. The molecule has 0 bridgehead atoms. The molecular formula is C11H9N3O. The van der Waals surface area contributed by atoms with E-state index in [-0.39, 0.29) is 5.69 Å². The zero-order valence-corrected chi connectivity index (χ0v) is 7.90. The number of nitrogens with zero attached hydrogens (tertiary/aromatic N) is 1. The molecule has 2 N–H and O–H groups in total. The Labute approximate surface area is 85.2 Å².